The van der Waals surface area contributed by atoms with E-state index in [-0.39, 0.29) is 6.42 Å². The lowest BCUT2D eigenvalue weighted by Crippen LogP contribution is -2.49. The topological polar surface area (TPSA) is 116 Å². The van der Waals surface area contributed by atoms with Crippen molar-refractivity contribution in [1.29, 1.82) is 0 Å². The van der Waals surface area contributed by atoms with Crippen molar-refractivity contribution in [2.24, 2.45) is 0 Å². The van der Waals surface area contributed by atoms with E-state index in [0.717, 1.165) is 0 Å². The van der Waals surface area contributed by atoms with Gasteiger partial charge in [-0.05, 0) is 0 Å². The van der Waals surface area contributed by atoms with Crippen molar-refractivity contribution in [2.75, 3.05) is 6.61 Å². The van der Waals surface area contributed by atoms with Crippen LogP contribution in [0.1, 0.15) is 6.42 Å². The third-order valence-electron chi connectivity index (χ3n) is 2.51. The van der Waals surface area contributed by atoms with Gasteiger partial charge in [-0.15, -0.1) is 6.58 Å². The molecule has 0 spiro atoms. The minimum absolute atomic E-state index is 0.245. The van der Waals surface area contributed by atoms with E-state index < -0.39 is 43.3 Å². The van der Waals surface area contributed by atoms with Crippen LogP contribution in [0.2, 0.25) is 0 Å². The van der Waals surface area contributed by atoms with E-state index in [0.29, 0.717) is 0 Å². The van der Waals surface area contributed by atoms with Crippen molar-refractivity contribution in [1.82, 2.24) is 0 Å². The smallest absolute Gasteiger partial charge is 0.427 e. The van der Waals surface area contributed by atoms with Gasteiger partial charge in [-0.25, -0.2) is 4.79 Å². The largest absolute Gasteiger partial charge is 0.509 e. The molecule has 0 unspecified atom stereocenters. The molecular weight excluding hydrogens is 232 g/mol. The first-order valence-corrected chi connectivity index (χ1v) is 5.14. The van der Waals surface area contributed by atoms with Crippen molar-refractivity contribution >= 4 is 6.16 Å². The fourth-order valence-corrected chi connectivity index (χ4v) is 1.57. The Balaban J connectivity index is 2.68. The number of aliphatic hydroxyl groups excluding tert-OH is 4. The van der Waals surface area contributed by atoms with E-state index >= 15 is 0 Å². The Hall–Kier alpha value is -1.15. The molecule has 1 aliphatic rings. The first-order valence-electron chi connectivity index (χ1n) is 5.14. The van der Waals surface area contributed by atoms with Gasteiger partial charge in [0.25, 0.3) is 0 Å². The van der Waals surface area contributed by atoms with Crippen LogP contribution in [0.15, 0.2) is 12.7 Å². The average molecular weight is 248 g/mol. The number of hydrogen-bond acceptors (Lipinski definition) is 7. The van der Waals surface area contributed by atoms with Gasteiger partial charge in [-0.3, -0.25) is 0 Å². The maximum Gasteiger partial charge on any atom is 0.509 e. The Morgan fingerprint density at radius 3 is 2.53 bits per heavy atom. The van der Waals surface area contributed by atoms with Crippen molar-refractivity contribution in [3.63, 3.8) is 0 Å². The third-order valence-corrected chi connectivity index (χ3v) is 2.51. The highest BCUT2D eigenvalue weighted by molar-refractivity contribution is 5.62. The Morgan fingerprint density at radius 1 is 1.35 bits per heavy atom. The monoisotopic (exact) mass is 248 g/mol. The van der Waals surface area contributed by atoms with Crippen LogP contribution in [0, 0.1) is 0 Å². The number of aliphatic hydroxyl groups is 4. The van der Waals surface area contributed by atoms with Crippen LogP contribution in [0.3, 0.4) is 0 Å². The third kappa shape index (κ3) is 3.16. The molecule has 1 heterocycles. The summed E-state index contributed by atoms with van der Waals surface area (Å²) in [7, 11) is 0. The highest BCUT2D eigenvalue weighted by Gasteiger charge is 2.44. The van der Waals surface area contributed by atoms with Crippen LogP contribution in [0.25, 0.3) is 0 Å². The molecule has 7 heteroatoms. The Kier molecular flexibility index (Phi) is 4.88. The molecule has 0 aliphatic carbocycles. The maximum atomic E-state index is 10.9. The summed E-state index contributed by atoms with van der Waals surface area (Å²) in [6.07, 6.45) is -5.80. The Morgan fingerprint density at radius 2 is 2.00 bits per heavy atom. The summed E-state index contributed by atoms with van der Waals surface area (Å²) in [5.74, 6) is 0. The van der Waals surface area contributed by atoms with Crippen molar-refractivity contribution in [3.05, 3.63) is 12.7 Å². The highest BCUT2D eigenvalue weighted by Crippen LogP contribution is 2.23. The summed E-state index contributed by atoms with van der Waals surface area (Å²) in [5.41, 5.74) is 0. The van der Waals surface area contributed by atoms with Crippen molar-refractivity contribution in [3.8, 4) is 0 Å². The molecule has 98 valence electrons. The molecule has 1 saturated heterocycles. The van der Waals surface area contributed by atoms with Gasteiger partial charge in [0, 0.05) is 6.42 Å². The van der Waals surface area contributed by atoms with E-state index in [9.17, 15) is 20.1 Å². The van der Waals surface area contributed by atoms with E-state index in [2.05, 4.69) is 6.58 Å². The van der Waals surface area contributed by atoms with Crippen LogP contribution in [-0.4, -0.2) is 63.7 Å². The molecule has 0 bridgehead atoms. The predicted molar refractivity (Wildman–Crippen MR) is 55.1 cm³/mol. The molecule has 1 aliphatic heterocycles. The zero-order chi connectivity index (χ0) is 13.0. The minimum atomic E-state index is -1.63. The number of hydrogen-bond donors (Lipinski definition) is 4. The average Bonchev–Trinajstić information content (AvgIpc) is 2.68. The van der Waals surface area contributed by atoms with Crippen LogP contribution < -0.4 is 0 Å². The second-order valence-corrected chi connectivity index (χ2v) is 3.74. The van der Waals surface area contributed by atoms with Gasteiger partial charge in [0.15, 0.2) is 6.10 Å². The van der Waals surface area contributed by atoms with Gasteiger partial charge in [-0.2, -0.15) is 0 Å². The number of cyclic esters (lactones) is 2. The second kappa shape index (κ2) is 5.97. The Bertz CT molecular complexity index is 280. The summed E-state index contributed by atoms with van der Waals surface area (Å²) < 4.78 is 9.44. The first kappa shape index (κ1) is 13.9. The zero-order valence-corrected chi connectivity index (χ0v) is 9.10. The minimum Gasteiger partial charge on any atom is -0.427 e. The summed E-state index contributed by atoms with van der Waals surface area (Å²) in [4.78, 5) is 10.9. The van der Waals surface area contributed by atoms with Gasteiger partial charge in [0.2, 0.25) is 0 Å². The van der Waals surface area contributed by atoms with E-state index in [1.165, 1.54) is 6.08 Å². The van der Waals surface area contributed by atoms with Crippen LogP contribution in [-0.2, 0) is 9.47 Å². The van der Waals surface area contributed by atoms with Crippen LogP contribution in [0.4, 0.5) is 4.79 Å². The molecule has 0 radical (unpaired) electrons. The second-order valence-electron chi connectivity index (χ2n) is 3.74. The van der Waals surface area contributed by atoms with E-state index in [1.54, 1.807) is 0 Å². The quantitative estimate of drug-likeness (QED) is 0.335. The number of ether oxygens (including phenoxy) is 2. The molecule has 4 N–H and O–H groups in total. The summed E-state index contributed by atoms with van der Waals surface area (Å²) >= 11 is 0. The first-order chi connectivity index (χ1) is 8.01. The van der Waals surface area contributed by atoms with Crippen molar-refractivity contribution < 1.29 is 34.7 Å². The van der Waals surface area contributed by atoms with Crippen molar-refractivity contribution in [2.45, 2.75) is 36.9 Å². The number of rotatable bonds is 6. The summed E-state index contributed by atoms with van der Waals surface area (Å²) in [5, 5.41) is 37.0. The van der Waals surface area contributed by atoms with Gasteiger partial charge in [-0.1, -0.05) is 6.08 Å². The van der Waals surface area contributed by atoms with Gasteiger partial charge < -0.3 is 29.9 Å². The van der Waals surface area contributed by atoms with E-state index in [4.69, 9.17) is 14.6 Å². The molecule has 0 saturated carbocycles. The lowest BCUT2D eigenvalue weighted by molar-refractivity contribution is -0.115. The summed E-state index contributed by atoms with van der Waals surface area (Å²) in [6.45, 7) is 2.74. The molecule has 5 atom stereocenters. The molecule has 1 fully saturated rings. The fourth-order valence-electron chi connectivity index (χ4n) is 1.57. The molecule has 0 aromatic rings. The molecule has 0 amide bonds. The fraction of sp³-hybridized carbons (Fsp3) is 0.700. The standard InChI is InChI=1S/C10H16O7/c1-2-3-6-9(17-10(15)16-6)8(14)7(13)5(12)4-11/h2,5-9,11-14H,1,3-4H2/t5-,6+,7-,8+,9+/m1/s1. The number of carbonyl (C=O) groups excluding carboxylic acids is 1. The van der Waals surface area contributed by atoms with Gasteiger partial charge >= 0.3 is 6.16 Å². The molecule has 17 heavy (non-hydrogen) atoms. The van der Waals surface area contributed by atoms with Crippen LogP contribution >= 0.6 is 0 Å². The van der Waals surface area contributed by atoms with E-state index in [1.807, 2.05) is 0 Å². The molecular formula is C10H16O7. The highest BCUT2D eigenvalue weighted by atomic mass is 16.8. The van der Waals surface area contributed by atoms with Gasteiger partial charge in [0.05, 0.1) is 6.61 Å². The summed E-state index contributed by atoms with van der Waals surface area (Å²) in [6, 6.07) is 0. The van der Waals surface area contributed by atoms with Crippen LogP contribution in [0.5, 0.6) is 0 Å². The molecule has 0 aromatic carbocycles. The lowest BCUT2D eigenvalue weighted by atomic mass is 9.98. The number of carbonyl (C=O) groups is 1. The van der Waals surface area contributed by atoms with Gasteiger partial charge in [0.1, 0.15) is 24.4 Å². The predicted octanol–water partition coefficient (Wildman–Crippen LogP) is -1.46. The lowest BCUT2D eigenvalue weighted by Gasteiger charge is -2.26. The maximum absolute atomic E-state index is 10.9. The molecule has 1 rings (SSSR count). The Labute approximate surface area is 97.9 Å². The zero-order valence-electron chi connectivity index (χ0n) is 9.10. The normalized spacial score (nSPS) is 29.1. The molecule has 7 nitrogen and oxygen atoms in total. The molecule has 0 aromatic heterocycles. The SMILES string of the molecule is C=CC[C@@H]1OC(=O)O[C@@H]1[C@@H](O)[C@H](O)[C@H](O)CO.